The third-order valence-electron chi connectivity index (χ3n) is 1.42. The second kappa shape index (κ2) is 2.75. The van der Waals surface area contributed by atoms with Crippen LogP contribution in [-0.2, 0) is 9.53 Å². The van der Waals surface area contributed by atoms with E-state index < -0.39 is 24.1 Å². The molecule has 0 aromatic heterocycles. The van der Waals surface area contributed by atoms with Crippen LogP contribution < -0.4 is 11.1 Å². The third kappa shape index (κ3) is 1.58. The zero-order valence-corrected chi connectivity index (χ0v) is 5.61. The molecule has 1 saturated heterocycles. The van der Waals surface area contributed by atoms with E-state index in [1.165, 1.54) is 0 Å². The normalized spacial score (nSPS) is 29.7. The summed E-state index contributed by atoms with van der Waals surface area (Å²) in [7, 11) is 0. The van der Waals surface area contributed by atoms with Crippen LogP contribution in [0.4, 0.5) is 4.79 Å². The average Bonchev–Trinajstić information content (AvgIpc) is 2.18. The Labute approximate surface area is 62.3 Å². The van der Waals surface area contributed by atoms with Crippen LogP contribution in [0.1, 0.15) is 0 Å². The van der Waals surface area contributed by atoms with Crippen molar-refractivity contribution in [3.63, 3.8) is 0 Å². The van der Waals surface area contributed by atoms with E-state index >= 15 is 0 Å². The number of hydrogen-bond acceptors (Lipinski definition) is 4. The summed E-state index contributed by atoms with van der Waals surface area (Å²) >= 11 is 0. The van der Waals surface area contributed by atoms with Gasteiger partial charge in [-0.15, -0.1) is 0 Å². The number of rotatable bonds is 1. The van der Waals surface area contributed by atoms with Gasteiger partial charge in [0.15, 0.2) is 0 Å². The number of carboxylic acid groups (broad SMARTS) is 1. The van der Waals surface area contributed by atoms with Gasteiger partial charge in [0.1, 0.15) is 12.6 Å². The molecule has 0 spiro atoms. The quantitative estimate of drug-likeness (QED) is 0.405. The molecule has 0 aromatic rings. The predicted molar refractivity (Wildman–Crippen MR) is 33.9 cm³/mol. The highest BCUT2D eigenvalue weighted by atomic mass is 16.5. The van der Waals surface area contributed by atoms with Crippen LogP contribution in [0.2, 0.25) is 0 Å². The molecule has 0 radical (unpaired) electrons. The second-order valence-corrected chi connectivity index (χ2v) is 2.21. The fourth-order valence-corrected chi connectivity index (χ4v) is 0.826. The fourth-order valence-electron chi connectivity index (χ4n) is 0.826. The predicted octanol–water partition coefficient (Wildman–Crippen LogP) is -1.49. The Morgan fingerprint density at radius 2 is 2.45 bits per heavy atom. The van der Waals surface area contributed by atoms with E-state index in [-0.39, 0.29) is 6.61 Å². The molecular formula is C5H8N2O4. The molecule has 1 heterocycles. The van der Waals surface area contributed by atoms with Gasteiger partial charge in [-0.25, -0.2) is 4.79 Å². The Morgan fingerprint density at radius 3 is 2.82 bits per heavy atom. The number of carbonyl (C=O) groups is 2. The first kappa shape index (κ1) is 7.80. The minimum absolute atomic E-state index is 0.0201. The van der Waals surface area contributed by atoms with E-state index in [1.54, 1.807) is 0 Å². The van der Waals surface area contributed by atoms with E-state index in [0.29, 0.717) is 0 Å². The second-order valence-electron chi connectivity index (χ2n) is 2.21. The molecule has 62 valence electrons. The summed E-state index contributed by atoms with van der Waals surface area (Å²) in [6.45, 7) is 0.0201. The first-order chi connectivity index (χ1) is 5.11. The maximum Gasteiger partial charge on any atom is 0.405 e. The zero-order valence-electron chi connectivity index (χ0n) is 5.61. The molecule has 11 heavy (non-hydrogen) atoms. The highest BCUT2D eigenvalue weighted by Crippen LogP contribution is 2.04. The van der Waals surface area contributed by atoms with Crippen molar-refractivity contribution in [2.75, 3.05) is 6.61 Å². The van der Waals surface area contributed by atoms with Crippen molar-refractivity contribution in [3.8, 4) is 0 Å². The lowest BCUT2D eigenvalue weighted by Gasteiger charge is -2.08. The van der Waals surface area contributed by atoms with Gasteiger partial charge >= 0.3 is 12.1 Å². The van der Waals surface area contributed by atoms with Crippen molar-refractivity contribution in [1.29, 1.82) is 0 Å². The summed E-state index contributed by atoms with van der Waals surface area (Å²) in [4.78, 5) is 20.7. The molecular weight excluding hydrogens is 152 g/mol. The van der Waals surface area contributed by atoms with E-state index in [1.807, 2.05) is 0 Å². The number of nitrogens with one attached hydrogen (secondary N) is 1. The van der Waals surface area contributed by atoms with Crippen LogP contribution in [0.3, 0.4) is 0 Å². The molecule has 0 aromatic carbocycles. The third-order valence-corrected chi connectivity index (χ3v) is 1.42. The van der Waals surface area contributed by atoms with Crippen molar-refractivity contribution in [2.24, 2.45) is 5.73 Å². The Morgan fingerprint density at radius 1 is 1.82 bits per heavy atom. The molecule has 0 unspecified atom stereocenters. The van der Waals surface area contributed by atoms with Crippen molar-refractivity contribution in [1.82, 2.24) is 5.32 Å². The van der Waals surface area contributed by atoms with Gasteiger partial charge < -0.3 is 20.9 Å². The Bertz CT molecular complexity index is 193. The monoisotopic (exact) mass is 160 g/mol. The highest BCUT2D eigenvalue weighted by Gasteiger charge is 2.34. The lowest BCUT2D eigenvalue weighted by atomic mass is 10.2. The summed E-state index contributed by atoms with van der Waals surface area (Å²) in [6, 6.07) is -1.48. The van der Waals surface area contributed by atoms with Crippen molar-refractivity contribution < 1.29 is 19.4 Å². The number of amides is 1. The minimum atomic E-state index is -1.20. The first-order valence-corrected chi connectivity index (χ1v) is 3.03. The lowest BCUT2D eigenvalue weighted by molar-refractivity contribution is -0.139. The lowest BCUT2D eigenvalue weighted by Crippen LogP contribution is -2.47. The molecule has 6 heteroatoms. The van der Waals surface area contributed by atoms with Crippen molar-refractivity contribution in [2.45, 2.75) is 12.1 Å². The number of esters is 1. The molecule has 6 nitrogen and oxygen atoms in total. The van der Waals surface area contributed by atoms with Gasteiger partial charge in [0.2, 0.25) is 0 Å². The molecule has 1 amide bonds. The Balaban J connectivity index is 2.48. The van der Waals surface area contributed by atoms with Gasteiger partial charge in [-0.3, -0.25) is 4.79 Å². The molecule has 0 aliphatic carbocycles. The highest BCUT2D eigenvalue weighted by molar-refractivity contribution is 5.80. The Hall–Kier alpha value is -1.30. The Kier molecular flexibility index (Phi) is 1.95. The van der Waals surface area contributed by atoms with Crippen LogP contribution in [0.25, 0.3) is 0 Å². The maximum atomic E-state index is 10.6. The van der Waals surface area contributed by atoms with Crippen LogP contribution in [0.15, 0.2) is 0 Å². The fraction of sp³-hybridized carbons (Fsp3) is 0.600. The number of ether oxygens (including phenoxy) is 1. The van der Waals surface area contributed by atoms with E-state index in [4.69, 9.17) is 10.8 Å². The number of hydrogen-bond donors (Lipinski definition) is 3. The molecule has 1 rings (SSSR count). The molecule has 0 saturated carbocycles. The molecule has 1 fully saturated rings. The standard InChI is InChI=1S/C5H8N2O4/c6-3-2(7-5(9)10)1-11-4(3)8/h2-3,7H,1,6H2,(H,9,10)/t2-,3+/m1/s1. The molecule has 1 aliphatic rings. The van der Waals surface area contributed by atoms with Gasteiger partial charge in [-0.2, -0.15) is 0 Å². The van der Waals surface area contributed by atoms with Crippen molar-refractivity contribution >= 4 is 12.1 Å². The first-order valence-electron chi connectivity index (χ1n) is 3.03. The topological polar surface area (TPSA) is 102 Å². The molecule has 4 N–H and O–H groups in total. The van der Waals surface area contributed by atoms with Gasteiger partial charge in [0, 0.05) is 0 Å². The van der Waals surface area contributed by atoms with Crippen LogP contribution in [0, 0.1) is 0 Å². The van der Waals surface area contributed by atoms with Crippen LogP contribution in [-0.4, -0.2) is 35.9 Å². The molecule has 0 bridgehead atoms. The average molecular weight is 160 g/mol. The van der Waals surface area contributed by atoms with Gasteiger partial charge in [0.25, 0.3) is 0 Å². The summed E-state index contributed by atoms with van der Waals surface area (Å²) in [5.41, 5.74) is 5.27. The summed E-state index contributed by atoms with van der Waals surface area (Å²) in [6.07, 6.45) is -1.20. The van der Waals surface area contributed by atoms with Crippen LogP contribution in [0.5, 0.6) is 0 Å². The zero-order chi connectivity index (χ0) is 8.43. The maximum absolute atomic E-state index is 10.6. The summed E-state index contributed by atoms with van der Waals surface area (Å²) in [5, 5.41) is 10.3. The van der Waals surface area contributed by atoms with E-state index in [0.717, 1.165) is 0 Å². The number of nitrogens with two attached hydrogens (primary N) is 1. The van der Waals surface area contributed by atoms with Crippen molar-refractivity contribution in [3.05, 3.63) is 0 Å². The van der Waals surface area contributed by atoms with Gasteiger partial charge in [0.05, 0.1) is 6.04 Å². The smallest absolute Gasteiger partial charge is 0.405 e. The van der Waals surface area contributed by atoms with E-state index in [9.17, 15) is 9.59 Å². The number of cyclic esters (lactones) is 1. The van der Waals surface area contributed by atoms with E-state index in [2.05, 4.69) is 10.1 Å². The largest absolute Gasteiger partial charge is 0.465 e. The molecule has 2 atom stereocenters. The van der Waals surface area contributed by atoms with Crippen LogP contribution >= 0.6 is 0 Å². The van der Waals surface area contributed by atoms with Gasteiger partial charge in [-0.1, -0.05) is 0 Å². The van der Waals surface area contributed by atoms with Gasteiger partial charge in [-0.05, 0) is 0 Å². The summed E-state index contributed by atoms with van der Waals surface area (Å²) < 4.78 is 4.49. The SMILES string of the molecule is N[C@@H]1C(=O)OC[C@H]1NC(=O)O. The number of carbonyl (C=O) groups excluding carboxylic acids is 1. The summed E-state index contributed by atoms with van der Waals surface area (Å²) in [5.74, 6) is -0.566. The minimum Gasteiger partial charge on any atom is -0.465 e. The molecule has 1 aliphatic heterocycles.